The molecular weight excluding hydrogens is 853 g/mol. The maximum absolute atomic E-state index is 12.9. The van der Waals surface area contributed by atoms with Gasteiger partial charge in [-0.15, -0.1) is 0 Å². The van der Waals surface area contributed by atoms with Gasteiger partial charge in [0.15, 0.2) is 6.10 Å². The minimum absolute atomic E-state index is 0.0885. The molecule has 0 fully saturated rings. The summed E-state index contributed by atoms with van der Waals surface area (Å²) in [5.74, 6) is -0.914. The van der Waals surface area contributed by atoms with Crippen LogP contribution in [-0.2, 0) is 28.6 Å². The molecule has 0 saturated carbocycles. The molecule has 0 heterocycles. The lowest BCUT2D eigenvalue weighted by atomic mass is 10.1. The molecule has 0 aromatic heterocycles. The zero-order valence-corrected chi connectivity index (χ0v) is 45.3. The molecule has 0 saturated heterocycles. The van der Waals surface area contributed by atoms with E-state index in [9.17, 15) is 14.4 Å². The summed E-state index contributed by atoms with van der Waals surface area (Å²) in [5, 5.41) is 0. The summed E-state index contributed by atoms with van der Waals surface area (Å²) in [6.07, 6.45) is 74.2. The molecule has 0 aromatic rings. The second kappa shape index (κ2) is 57.2. The molecule has 6 nitrogen and oxygen atoms in total. The average Bonchev–Trinajstić information content (AvgIpc) is 3.35. The third kappa shape index (κ3) is 55.4. The quantitative estimate of drug-likeness (QED) is 0.0262. The Bertz CT molecular complexity index is 1330. The highest BCUT2D eigenvalue weighted by molar-refractivity contribution is 5.71. The minimum Gasteiger partial charge on any atom is -0.462 e. The van der Waals surface area contributed by atoms with Gasteiger partial charge in [-0.05, 0) is 116 Å². The van der Waals surface area contributed by atoms with Crippen molar-refractivity contribution in [1.29, 1.82) is 0 Å². The molecule has 396 valence electrons. The van der Waals surface area contributed by atoms with Crippen molar-refractivity contribution in [2.24, 2.45) is 0 Å². The second-order valence-corrected chi connectivity index (χ2v) is 19.2. The summed E-state index contributed by atoms with van der Waals surface area (Å²) in [7, 11) is 0. The monoisotopic (exact) mass is 961 g/mol. The molecule has 6 heteroatoms. The normalized spacial score (nSPS) is 12.7. The van der Waals surface area contributed by atoms with Crippen LogP contribution in [0.25, 0.3) is 0 Å². The number of allylic oxidation sites excluding steroid dienone is 14. The first-order chi connectivity index (χ1) is 34.0. The first-order valence-electron chi connectivity index (χ1n) is 29.1. The van der Waals surface area contributed by atoms with Gasteiger partial charge in [0.1, 0.15) is 13.2 Å². The Morgan fingerprint density at radius 3 is 0.913 bits per heavy atom. The Kier molecular flexibility index (Phi) is 54.3. The van der Waals surface area contributed by atoms with Crippen molar-refractivity contribution in [2.75, 3.05) is 13.2 Å². The third-order valence-corrected chi connectivity index (χ3v) is 12.4. The number of carbonyl (C=O) groups is 3. The van der Waals surface area contributed by atoms with E-state index < -0.39 is 6.10 Å². The van der Waals surface area contributed by atoms with Gasteiger partial charge < -0.3 is 14.2 Å². The van der Waals surface area contributed by atoms with Gasteiger partial charge in [-0.3, -0.25) is 14.4 Å². The molecule has 69 heavy (non-hydrogen) atoms. The van der Waals surface area contributed by atoms with Gasteiger partial charge in [-0.2, -0.15) is 0 Å². The molecular formula is C63H108O6. The molecule has 0 aromatic carbocycles. The van der Waals surface area contributed by atoms with Gasteiger partial charge in [0.2, 0.25) is 0 Å². The summed E-state index contributed by atoms with van der Waals surface area (Å²) in [4.78, 5) is 38.2. The fourth-order valence-electron chi connectivity index (χ4n) is 7.99. The van der Waals surface area contributed by atoms with Crippen molar-refractivity contribution < 1.29 is 28.6 Å². The first-order valence-corrected chi connectivity index (χ1v) is 29.1. The van der Waals surface area contributed by atoms with Crippen molar-refractivity contribution in [3.05, 3.63) is 85.1 Å². The van der Waals surface area contributed by atoms with Crippen LogP contribution < -0.4 is 0 Å². The van der Waals surface area contributed by atoms with Gasteiger partial charge in [0.05, 0.1) is 0 Å². The number of hydrogen-bond donors (Lipinski definition) is 0. The third-order valence-electron chi connectivity index (χ3n) is 12.4. The molecule has 1 unspecified atom stereocenters. The van der Waals surface area contributed by atoms with Crippen LogP contribution in [0.2, 0.25) is 0 Å². The number of hydrogen-bond acceptors (Lipinski definition) is 6. The van der Waals surface area contributed by atoms with E-state index in [0.29, 0.717) is 19.3 Å². The predicted octanol–water partition coefficient (Wildman–Crippen LogP) is 19.5. The SMILES string of the molecule is CC/C=C\C/C=C\C/C=C\C/C=C\C/C=C\CCCCCCCC(=O)OCC(COC(=O)CCCCCCC/C=C\CCCCCC)OC(=O)CCCCCCCCC/C=C\CCCCCCCC. The fraction of sp³-hybridized carbons (Fsp3) is 0.730. The van der Waals surface area contributed by atoms with Gasteiger partial charge in [-0.1, -0.05) is 228 Å². The first kappa shape index (κ1) is 65.6. The number of ether oxygens (including phenoxy) is 3. The Morgan fingerprint density at radius 2 is 0.565 bits per heavy atom. The van der Waals surface area contributed by atoms with E-state index in [-0.39, 0.29) is 31.1 Å². The highest BCUT2D eigenvalue weighted by Crippen LogP contribution is 2.15. The van der Waals surface area contributed by atoms with Crippen molar-refractivity contribution in [3.8, 4) is 0 Å². The second-order valence-electron chi connectivity index (χ2n) is 19.2. The predicted molar refractivity (Wildman–Crippen MR) is 297 cm³/mol. The fourth-order valence-corrected chi connectivity index (χ4v) is 7.99. The summed E-state index contributed by atoms with van der Waals surface area (Å²) in [6, 6.07) is 0. The minimum atomic E-state index is -0.791. The molecule has 0 aliphatic carbocycles. The van der Waals surface area contributed by atoms with Crippen LogP contribution in [-0.4, -0.2) is 37.2 Å². The Labute approximate surface area is 426 Å². The summed E-state index contributed by atoms with van der Waals surface area (Å²) >= 11 is 0. The summed E-state index contributed by atoms with van der Waals surface area (Å²) < 4.78 is 16.9. The number of carbonyl (C=O) groups excluding carboxylic acids is 3. The zero-order chi connectivity index (χ0) is 50.0. The molecule has 0 rings (SSSR count). The molecule has 0 N–H and O–H groups in total. The smallest absolute Gasteiger partial charge is 0.306 e. The maximum Gasteiger partial charge on any atom is 0.306 e. The van der Waals surface area contributed by atoms with Gasteiger partial charge >= 0.3 is 17.9 Å². The molecule has 0 aliphatic rings. The lowest BCUT2D eigenvalue weighted by molar-refractivity contribution is -0.167. The van der Waals surface area contributed by atoms with Crippen LogP contribution in [0.3, 0.4) is 0 Å². The van der Waals surface area contributed by atoms with Crippen LogP contribution in [0, 0.1) is 0 Å². The Morgan fingerprint density at radius 1 is 0.304 bits per heavy atom. The largest absolute Gasteiger partial charge is 0.462 e. The molecule has 0 bridgehead atoms. The summed E-state index contributed by atoms with van der Waals surface area (Å²) in [6.45, 7) is 6.49. The van der Waals surface area contributed by atoms with Crippen LogP contribution >= 0.6 is 0 Å². The van der Waals surface area contributed by atoms with Crippen molar-refractivity contribution in [3.63, 3.8) is 0 Å². The van der Waals surface area contributed by atoms with Crippen LogP contribution in [0.1, 0.15) is 278 Å². The van der Waals surface area contributed by atoms with E-state index in [1.807, 2.05) is 0 Å². The molecule has 0 amide bonds. The highest BCUT2D eigenvalue weighted by atomic mass is 16.6. The number of unbranched alkanes of at least 4 members (excludes halogenated alkanes) is 27. The molecule has 0 spiro atoms. The standard InChI is InChI=1S/C63H108O6/c1-4-7-10-13-16-19-22-25-27-29-30-31-32-34-35-38-41-44-47-50-53-56-62(65)68-59-60(58-67-61(64)55-52-49-46-43-40-37-24-21-18-15-12-9-6-3)69-63(66)57-54-51-48-45-42-39-36-33-28-26-23-20-17-14-11-8-5-2/h7,10,16,19,21,24-28,30-31,34-35,60H,4-6,8-9,11-15,17-18,20,22-23,29,32-33,36-59H2,1-3H3/b10-7-,19-16-,24-21-,27-25-,28-26-,31-30-,35-34-. The van der Waals surface area contributed by atoms with E-state index in [4.69, 9.17) is 14.2 Å². The molecule has 1 atom stereocenters. The average molecular weight is 962 g/mol. The van der Waals surface area contributed by atoms with Crippen molar-refractivity contribution in [1.82, 2.24) is 0 Å². The summed E-state index contributed by atoms with van der Waals surface area (Å²) in [5.41, 5.74) is 0. The Hall–Kier alpha value is -3.41. The van der Waals surface area contributed by atoms with E-state index in [0.717, 1.165) is 116 Å². The van der Waals surface area contributed by atoms with E-state index in [2.05, 4.69) is 106 Å². The topological polar surface area (TPSA) is 78.9 Å². The number of esters is 3. The van der Waals surface area contributed by atoms with Crippen molar-refractivity contribution in [2.45, 2.75) is 284 Å². The zero-order valence-electron chi connectivity index (χ0n) is 45.3. The van der Waals surface area contributed by atoms with Crippen LogP contribution in [0.15, 0.2) is 85.1 Å². The van der Waals surface area contributed by atoms with E-state index >= 15 is 0 Å². The van der Waals surface area contributed by atoms with Gasteiger partial charge in [0.25, 0.3) is 0 Å². The lowest BCUT2D eigenvalue weighted by Gasteiger charge is -2.18. The van der Waals surface area contributed by atoms with E-state index in [1.165, 1.54) is 122 Å². The molecule has 0 aliphatic heterocycles. The van der Waals surface area contributed by atoms with Gasteiger partial charge in [-0.25, -0.2) is 0 Å². The Balaban J connectivity index is 4.41. The lowest BCUT2D eigenvalue weighted by Crippen LogP contribution is -2.30. The molecule has 0 radical (unpaired) electrons. The maximum atomic E-state index is 12.9. The van der Waals surface area contributed by atoms with E-state index in [1.54, 1.807) is 0 Å². The van der Waals surface area contributed by atoms with Crippen molar-refractivity contribution >= 4 is 17.9 Å². The van der Waals surface area contributed by atoms with Gasteiger partial charge in [0, 0.05) is 19.3 Å². The highest BCUT2D eigenvalue weighted by Gasteiger charge is 2.19. The van der Waals surface area contributed by atoms with Crippen LogP contribution in [0.5, 0.6) is 0 Å². The number of rotatable bonds is 52. The van der Waals surface area contributed by atoms with Crippen LogP contribution in [0.4, 0.5) is 0 Å².